The van der Waals surface area contributed by atoms with Crippen molar-refractivity contribution in [2.24, 2.45) is 0 Å². The van der Waals surface area contributed by atoms with Crippen LogP contribution in [0.1, 0.15) is 31.1 Å². The molecule has 2 N–H and O–H groups in total. The number of hydrogen-bond acceptors (Lipinski definition) is 3. The number of aliphatic hydroxyl groups excluding tert-OH is 1. The SMILES string of the molecule is Cc1ccc(Cl)c(OC(C)C(=O)Nc2ccccc2C(C)O)c1. The van der Waals surface area contributed by atoms with Crippen LogP contribution in [-0.2, 0) is 4.79 Å². The number of halogens is 1. The Balaban J connectivity index is 2.10. The summed E-state index contributed by atoms with van der Waals surface area (Å²) in [4.78, 5) is 12.3. The molecule has 0 spiro atoms. The number of carbonyl (C=O) groups is 1. The Labute approximate surface area is 141 Å². The lowest BCUT2D eigenvalue weighted by atomic mass is 10.1. The zero-order valence-corrected chi connectivity index (χ0v) is 14.1. The molecule has 0 saturated heterocycles. The maximum Gasteiger partial charge on any atom is 0.265 e. The maximum absolute atomic E-state index is 12.3. The summed E-state index contributed by atoms with van der Waals surface area (Å²) in [7, 11) is 0. The van der Waals surface area contributed by atoms with Crippen molar-refractivity contribution < 1.29 is 14.6 Å². The highest BCUT2D eigenvalue weighted by Gasteiger charge is 2.18. The molecular formula is C18H20ClNO3. The summed E-state index contributed by atoms with van der Waals surface area (Å²) in [6.45, 7) is 5.23. The Morgan fingerprint density at radius 1 is 1.22 bits per heavy atom. The number of rotatable bonds is 5. The van der Waals surface area contributed by atoms with Crippen molar-refractivity contribution in [3.63, 3.8) is 0 Å². The second-order valence-electron chi connectivity index (χ2n) is 5.45. The van der Waals surface area contributed by atoms with Crippen molar-refractivity contribution in [2.75, 3.05) is 5.32 Å². The van der Waals surface area contributed by atoms with Gasteiger partial charge in [0, 0.05) is 11.3 Å². The van der Waals surface area contributed by atoms with Crippen LogP contribution in [0.25, 0.3) is 0 Å². The van der Waals surface area contributed by atoms with E-state index in [0.717, 1.165) is 5.56 Å². The minimum atomic E-state index is -0.726. The van der Waals surface area contributed by atoms with Crippen LogP contribution in [0.4, 0.5) is 5.69 Å². The molecule has 2 aromatic carbocycles. The molecule has 2 atom stereocenters. The summed E-state index contributed by atoms with van der Waals surface area (Å²) in [6.07, 6.45) is -1.40. The zero-order valence-electron chi connectivity index (χ0n) is 13.3. The predicted molar refractivity (Wildman–Crippen MR) is 92.0 cm³/mol. The van der Waals surface area contributed by atoms with Gasteiger partial charge in [-0.2, -0.15) is 0 Å². The second kappa shape index (κ2) is 7.49. The summed E-state index contributed by atoms with van der Waals surface area (Å²) in [6, 6.07) is 12.5. The lowest BCUT2D eigenvalue weighted by Gasteiger charge is -2.18. The molecule has 2 unspecified atom stereocenters. The number of anilines is 1. The van der Waals surface area contributed by atoms with Gasteiger partial charge in [0.1, 0.15) is 5.75 Å². The minimum Gasteiger partial charge on any atom is -0.479 e. The van der Waals surface area contributed by atoms with Crippen molar-refractivity contribution in [1.82, 2.24) is 0 Å². The van der Waals surface area contributed by atoms with Crippen LogP contribution in [0.2, 0.25) is 5.02 Å². The lowest BCUT2D eigenvalue weighted by Crippen LogP contribution is -2.30. The van der Waals surface area contributed by atoms with Gasteiger partial charge in [0.05, 0.1) is 11.1 Å². The molecule has 0 heterocycles. The number of benzene rings is 2. The van der Waals surface area contributed by atoms with Crippen LogP contribution in [0.3, 0.4) is 0 Å². The average Bonchev–Trinajstić information content (AvgIpc) is 2.51. The van der Waals surface area contributed by atoms with Crippen LogP contribution in [-0.4, -0.2) is 17.1 Å². The van der Waals surface area contributed by atoms with E-state index in [1.54, 1.807) is 44.2 Å². The van der Waals surface area contributed by atoms with Gasteiger partial charge in [-0.25, -0.2) is 0 Å². The van der Waals surface area contributed by atoms with E-state index in [4.69, 9.17) is 16.3 Å². The molecule has 2 rings (SSSR count). The Kier molecular flexibility index (Phi) is 5.64. The summed E-state index contributed by atoms with van der Waals surface area (Å²) in [5, 5.41) is 13.0. The number of para-hydroxylation sites is 1. The fourth-order valence-corrected chi connectivity index (χ4v) is 2.32. The molecule has 4 nitrogen and oxygen atoms in total. The molecule has 0 aromatic heterocycles. The summed E-state index contributed by atoms with van der Waals surface area (Å²) in [5.74, 6) is 0.161. The average molecular weight is 334 g/mol. The minimum absolute atomic E-state index is 0.310. The standard InChI is InChI=1S/C18H20ClNO3/c1-11-8-9-15(19)17(10-11)23-13(3)18(22)20-16-7-5-4-6-14(16)12(2)21/h4-10,12-13,21H,1-3H3,(H,20,22). The molecule has 0 radical (unpaired) electrons. The Morgan fingerprint density at radius 3 is 2.61 bits per heavy atom. The molecular weight excluding hydrogens is 314 g/mol. The van der Waals surface area contributed by atoms with E-state index < -0.39 is 12.2 Å². The molecule has 23 heavy (non-hydrogen) atoms. The Morgan fingerprint density at radius 2 is 1.91 bits per heavy atom. The summed E-state index contributed by atoms with van der Waals surface area (Å²) < 4.78 is 5.65. The van der Waals surface area contributed by atoms with Gasteiger partial charge in [-0.15, -0.1) is 0 Å². The molecule has 0 aliphatic carbocycles. The summed E-state index contributed by atoms with van der Waals surface area (Å²) >= 11 is 6.08. The number of aliphatic hydroxyl groups is 1. The van der Waals surface area contributed by atoms with Gasteiger partial charge in [0.15, 0.2) is 6.10 Å². The smallest absolute Gasteiger partial charge is 0.265 e. The quantitative estimate of drug-likeness (QED) is 0.865. The van der Waals surface area contributed by atoms with Crippen molar-refractivity contribution in [2.45, 2.75) is 33.0 Å². The number of amides is 1. The van der Waals surface area contributed by atoms with Crippen LogP contribution < -0.4 is 10.1 Å². The van der Waals surface area contributed by atoms with Gasteiger partial charge in [0.25, 0.3) is 5.91 Å². The largest absolute Gasteiger partial charge is 0.479 e. The van der Waals surface area contributed by atoms with E-state index in [-0.39, 0.29) is 5.91 Å². The fourth-order valence-electron chi connectivity index (χ4n) is 2.15. The molecule has 0 aliphatic heterocycles. The monoisotopic (exact) mass is 333 g/mol. The molecule has 0 fully saturated rings. The van der Waals surface area contributed by atoms with Crippen LogP contribution >= 0.6 is 11.6 Å². The fraction of sp³-hybridized carbons (Fsp3) is 0.278. The number of carbonyl (C=O) groups excluding carboxylic acids is 1. The van der Waals surface area contributed by atoms with Crippen LogP contribution in [0.15, 0.2) is 42.5 Å². The van der Waals surface area contributed by atoms with E-state index in [1.807, 2.05) is 19.1 Å². The molecule has 0 saturated carbocycles. The molecule has 122 valence electrons. The molecule has 5 heteroatoms. The summed E-state index contributed by atoms with van der Waals surface area (Å²) in [5.41, 5.74) is 2.22. The Bertz CT molecular complexity index is 700. The van der Waals surface area contributed by atoms with E-state index in [0.29, 0.717) is 22.0 Å². The van der Waals surface area contributed by atoms with Crippen LogP contribution in [0.5, 0.6) is 5.75 Å². The number of aryl methyl sites for hydroxylation is 1. The topological polar surface area (TPSA) is 58.6 Å². The first-order valence-corrected chi connectivity index (χ1v) is 7.77. The van der Waals surface area contributed by atoms with E-state index in [2.05, 4.69) is 5.32 Å². The van der Waals surface area contributed by atoms with Gasteiger partial charge < -0.3 is 15.2 Å². The second-order valence-corrected chi connectivity index (χ2v) is 5.85. The number of ether oxygens (including phenoxy) is 1. The highest BCUT2D eigenvalue weighted by atomic mass is 35.5. The lowest BCUT2D eigenvalue weighted by molar-refractivity contribution is -0.122. The number of nitrogens with one attached hydrogen (secondary N) is 1. The van der Waals surface area contributed by atoms with Crippen molar-refractivity contribution in [1.29, 1.82) is 0 Å². The Hall–Kier alpha value is -2.04. The number of hydrogen-bond donors (Lipinski definition) is 2. The zero-order chi connectivity index (χ0) is 17.0. The third-order valence-electron chi connectivity index (χ3n) is 3.43. The molecule has 1 amide bonds. The van der Waals surface area contributed by atoms with Gasteiger partial charge >= 0.3 is 0 Å². The van der Waals surface area contributed by atoms with Gasteiger partial charge in [-0.3, -0.25) is 4.79 Å². The van der Waals surface area contributed by atoms with Gasteiger partial charge in [-0.05, 0) is 44.5 Å². The van der Waals surface area contributed by atoms with Crippen LogP contribution in [0, 0.1) is 6.92 Å². The third-order valence-corrected chi connectivity index (χ3v) is 3.74. The molecule has 0 bridgehead atoms. The maximum atomic E-state index is 12.3. The van der Waals surface area contributed by atoms with Crippen molar-refractivity contribution in [3.8, 4) is 5.75 Å². The first-order valence-electron chi connectivity index (χ1n) is 7.39. The highest BCUT2D eigenvalue weighted by Crippen LogP contribution is 2.27. The first-order chi connectivity index (χ1) is 10.9. The van der Waals surface area contributed by atoms with Gasteiger partial charge in [0.2, 0.25) is 0 Å². The normalized spacial score (nSPS) is 13.3. The van der Waals surface area contributed by atoms with Crippen molar-refractivity contribution in [3.05, 3.63) is 58.6 Å². The van der Waals surface area contributed by atoms with E-state index in [1.165, 1.54) is 0 Å². The van der Waals surface area contributed by atoms with Gasteiger partial charge in [-0.1, -0.05) is 35.9 Å². The first kappa shape index (κ1) is 17.3. The highest BCUT2D eigenvalue weighted by molar-refractivity contribution is 6.32. The third kappa shape index (κ3) is 4.47. The molecule has 0 aliphatic rings. The van der Waals surface area contributed by atoms with E-state index >= 15 is 0 Å². The predicted octanol–water partition coefficient (Wildman–Crippen LogP) is 4.11. The van der Waals surface area contributed by atoms with Crippen molar-refractivity contribution >= 4 is 23.2 Å². The molecule has 2 aromatic rings. The van der Waals surface area contributed by atoms with E-state index in [9.17, 15) is 9.90 Å².